The zero-order chi connectivity index (χ0) is 10.4. The van der Waals surface area contributed by atoms with Gasteiger partial charge in [-0.25, -0.2) is 4.98 Å². The number of rotatable bonds is 5. The van der Waals surface area contributed by atoms with Crippen LogP contribution < -0.4 is 5.32 Å². The van der Waals surface area contributed by atoms with Gasteiger partial charge < -0.3 is 5.32 Å². The molecule has 1 rings (SSSR count). The molecule has 0 fully saturated rings. The molecule has 3 nitrogen and oxygen atoms in total. The fraction of sp³-hybridized carbons (Fsp3) is 0.545. The van der Waals surface area contributed by atoms with E-state index in [4.69, 9.17) is 0 Å². The van der Waals surface area contributed by atoms with Gasteiger partial charge in [0.1, 0.15) is 5.82 Å². The van der Waals surface area contributed by atoms with Gasteiger partial charge in [-0.2, -0.15) is 0 Å². The molecule has 3 heteroatoms. The highest BCUT2D eigenvalue weighted by atomic mass is 15.1. The Kier molecular flexibility index (Phi) is 4.40. The fourth-order valence-corrected chi connectivity index (χ4v) is 1.48. The maximum atomic E-state index is 4.28. The summed E-state index contributed by atoms with van der Waals surface area (Å²) >= 11 is 0. The van der Waals surface area contributed by atoms with Crippen molar-refractivity contribution in [1.29, 1.82) is 0 Å². The second-order valence-corrected chi connectivity index (χ2v) is 3.22. The highest BCUT2D eigenvalue weighted by Crippen LogP contribution is 2.12. The number of hydrogen-bond donors (Lipinski definition) is 1. The van der Waals surface area contributed by atoms with Gasteiger partial charge in [0.25, 0.3) is 0 Å². The van der Waals surface area contributed by atoms with E-state index in [1.54, 1.807) is 0 Å². The molecule has 0 aliphatic carbocycles. The molecule has 78 valence electrons. The van der Waals surface area contributed by atoms with Crippen LogP contribution in [-0.2, 0) is 6.54 Å². The lowest BCUT2D eigenvalue weighted by Crippen LogP contribution is -2.22. The number of pyridine rings is 1. The van der Waals surface area contributed by atoms with Crippen molar-refractivity contribution in [2.45, 2.75) is 20.4 Å². The number of nitrogens with one attached hydrogen (secondary N) is 1. The van der Waals surface area contributed by atoms with Crippen LogP contribution >= 0.6 is 0 Å². The van der Waals surface area contributed by atoms with Crippen LogP contribution in [0.5, 0.6) is 0 Å². The van der Waals surface area contributed by atoms with Gasteiger partial charge in [0.15, 0.2) is 0 Å². The predicted molar refractivity (Wildman–Crippen MR) is 60.4 cm³/mol. The van der Waals surface area contributed by atoms with E-state index < -0.39 is 0 Å². The first-order valence-corrected chi connectivity index (χ1v) is 5.15. The zero-order valence-electron chi connectivity index (χ0n) is 9.25. The van der Waals surface area contributed by atoms with E-state index >= 15 is 0 Å². The minimum Gasteiger partial charge on any atom is -0.373 e. The molecule has 0 aromatic carbocycles. The van der Waals surface area contributed by atoms with Gasteiger partial charge in [-0.3, -0.25) is 4.90 Å². The fourth-order valence-electron chi connectivity index (χ4n) is 1.48. The Balaban J connectivity index is 2.74. The molecule has 1 heterocycles. The average Bonchev–Trinajstić information content (AvgIpc) is 2.26. The van der Waals surface area contributed by atoms with Crippen molar-refractivity contribution in [1.82, 2.24) is 9.88 Å². The normalized spacial score (nSPS) is 10.6. The molecular weight excluding hydrogens is 174 g/mol. The van der Waals surface area contributed by atoms with E-state index in [1.807, 2.05) is 19.3 Å². The van der Waals surface area contributed by atoms with Gasteiger partial charge in [0.05, 0.1) is 0 Å². The summed E-state index contributed by atoms with van der Waals surface area (Å²) in [6.07, 6.45) is 1.82. The van der Waals surface area contributed by atoms with E-state index in [-0.39, 0.29) is 0 Å². The molecule has 0 radical (unpaired) electrons. The summed E-state index contributed by atoms with van der Waals surface area (Å²) in [6.45, 7) is 7.48. The van der Waals surface area contributed by atoms with Crippen LogP contribution in [0.4, 0.5) is 5.82 Å². The number of anilines is 1. The van der Waals surface area contributed by atoms with E-state index in [9.17, 15) is 0 Å². The van der Waals surface area contributed by atoms with Crippen LogP contribution in [0.3, 0.4) is 0 Å². The third kappa shape index (κ3) is 2.70. The Hall–Kier alpha value is -1.09. The third-order valence-electron chi connectivity index (χ3n) is 2.42. The standard InChI is InChI=1S/C11H19N3/c1-4-14(5-2)9-10-7-6-8-13-11(10)12-3/h6-8H,4-5,9H2,1-3H3,(H,12,13). The summed E-state index contributed by atoms with van der Waals surface area (Å²) in [6, 6.07) is 4.11. The van der Waals surface area contributed by atoms with E-state index in [0.717, 1.165) is 25.5 Å². The van der Waals surface area contributed by atoms with Gasteiger partial charge in [-0.15, -0.1) is 0 Å². The number of hydrogen-bond acceptors (Lipinski definition) is 3. The molecule has 1 aromatic rings. The minimum absolute atomic E-state index is 0.969. The first-order valence-electron chi connectivity index (χ1n) is 5.15. The Morgan fingerprint density at radius 2 is 2.07 bits per heavy atom. The average molecular weight is 193 g/mol. The Morgan fingerprint density at radius 1 is 1.36 bits per heavy atom. The summed E-state index contributed by atoms with van der Waals surface area (Å²) in [4.78, 5) is 6.65. The third-order valence-corrected chi connectivity index (χ3v) is 2.42. The molecule has 14 heavy (non-hydrogen) atoms. The van der Waals surface area contributed by atoms with Crippen LogP contribution in [0, 0.1) is 0 Å². The van der Waals surface area contributed by atoms with Crippen molar-refractivity contribution in [2.75, 3.05) is 25.5 Å². The van der Waals surface area contributed by atoms with Crippen LogP contribution in [0.2, 0.25) is 0 Å². The molecule has 0 saturated heterocycles. The van der Waals surface area contributed by atoms with Crippen LogP contribution in [-0.4, -0.2) is 30.0 Å². The Morgan fingerprint density at radius 3 is 2.64 bits per heavy atom. The molecule has 0 aliphatic heterocycles. The second kappa shape index (κ2) is 5.60. The van der Waals surface area contributed by atoms with Crippen molar-refractivity contribution in [2.24, 2.45) is 0 Å². The summed E-state index contributed by atoms with van der Waals surface area (Å²) in [5, 5.41) is 3.11. The first-order chi connectivity index (χ1) is 6.81. The lowest BCUT2D eigenvalue weighted by atomic mass is 10.2. The van der Waals surface area contributed by atoms with Gasteiger partial charge in [-0.05, 0) is 19.2 Å². The van der Waals surface area contributed by atoms with Crippen molar-refractivity contribution in [3.05, 3.63) is 23.9 Å². The summed E-state index contributed by atoms with van der Waals surface area (Å²) in [5.74, 6) is 0.986. The van der Waals surface area contributed by atoms with Crippen molar-refractivity contribution >= 4 is 5.82 Å². The molecular formula is C11H19N3. The van der Waals surface area contributed by atoms with E-state index in [2.05, 4.69) is 35.1 Å². The molecule has 1 aromatic heterocycles. The van der Waals surface area contributed by atoms with Gasteiger partial charge in [-0.1, -0.05) is 19.9 Å². The molecule has 0 bridgehead atoms. The topological polar surface area (TPSA) is 28.2 Å². The number of nitrogens with zero attached hydrogens (tertiary/aromatic N) is 2. The summed E-state index contributed by atoms with van der Waals surface area (Å²) < 4.78 is 0. The second-order valence-electron chi connectivity index (χ2n) is 3.22. The largest absolute Gasteiger partial charge is 0.373 e. The molecule has 0 atom stereocenters. The van der Waals surface area contributed by atoms with Crippen LogP contribution in [0.15, 0.2) is 18.3 Å². The van der Waals surface area contributed by atoms with Gasteiger partial charge in [0, 0.05) is 25.4 Å². The van der Waals surface area contributed by atoms with Crippen molar-refractivity contribution in [3.8, 4) is 0 Å². The van der Waals surface area contributed by atoms with Crippen LogP contribution in [0.25, 0.3) is 0 Å². The van der Waals surface area contributed by atoms with Crippen molar-refractivity contribution in [3.63, 3.8) is 0 Å². The molecule has 0 saturated carbocycles. The van der Waals surface area contributed by atoms with Crippen molar-refractivity contribution < 1.29 is 0 Å². The summed E-state index contributed by atoms with van der Waals surface area (Å²) in [5.41, 5.74) is 1.26. The SMILES string of the molecule is CCN(CC)Cc1cccnc1NC. The quantitative estimate of drug-likeness (QED) is 0.775. The molecule has 0 unspecified atom stereocenters. The Labute approximate surface area is 86.2 Å². The minimum atomic E-state index is 0.969. The Bertz CT molecular complexity index is 269. The van der Waals surface area contributed by atoms with Gasteiger partial charge in [0.2, 0.25) is 0 Å². The maximum absolute atomic E-state index is 4.28. The number of aromatic nitrogens is 1. The van der Waals surface area contributed by atoms with Crippen LogP contribution in [0.1, 0.15) is 19.4 Å². The zero-order valence-corrected chi connectivity index (χ0v) is 9.25. The molecule has 0 aliphatic rings. The van der Waals surface area contributed by atoms with E-state index in [1.165, 1.54) is 5.56 Å². The lowest BCUT2D eigenvalue weighted by Gasteiger charge is -2.19. The van der Waals surface area contributed by atoms with E-state index in [0.29, 0.717) is 0 Å². The smallest absolute Gasteiger partial charge is 0.130 e. The highest BCUT2D eigenvalue weighted by molar-refractivity contribution is 5.42. The highest BCUT2D eigenvalue weighted by Gasteiger charge is 2.05. The maximum Gasteiger partial charge on any atom is 0.130 e. The molecule has 0 amide bonds. The van der Waals surface area contributed by atoms with Gasteiger partial charge >= 0.3 is 0 Å². The lowest BCUT2D eigenvalue weighted by molar-refractivity contribution is 0.296. The monoisotopic (exact) mass is 193 g/mol. The molecule has 0 spiro atoms. The predicted octanol–water partition coefficient (Wildman–Crippen LogP) is 1.97. The first kappa shape index (κ1) is 11.0. The molecule has 1 N–H and O–H groups in total. The summed E-state index contributed by atoms with van der Waals surface area (Å²) in [7, 11) is 1.91.